The number of ether oxygens (including phenoxy) is 11. The van der Waals surface area contributed by atoms with Gasteiger partial charge in [0.1, 0.15) is 69.0 Å². The maximum absolute atomic E-state index is 12.5. The van der Waals surface area contributed by atoms with E-state index in [2.05, 4.69) is 25.4 Å². The molecule has 0 aliphatic rings. The lowest BCUT2D eigenvalue weighted by Gasteiger charge is -2.15. The smallest absolute Gasteiger partial charge is 0.337 e. The topological polar surface area (TPSA) is 485 Å². The Hall–Kier alpha value is -13.2. The van der Waals surface area contributed by atoms with Crippen molar-refractivity contribution in [2.24, 2.45) is 0 Å². The number of carbonyl (C=O) groups is 8. The Balaban J connectivity index is 0.000000442. The molecule has 8 aromatic carbocycles. The molecule has 0 aliphatic carbocycles. The zero-order valence-corrected chi connectivity index (χ0v) is 57.2. The lowest BCUT2D eigenvalue weighted by Crippen LogP contribution is -2.16. The molecule has 31 heteroatoms. The summed E-state index contributed by atoms with van der Waals surface area (Å²) in [4.78, 5) is 91.8. The predicted octanol–water partition coefficient (Wildman–Crippen LogP) is 7.70. The van der Waals surface area contributed by atoms with Crippen molar-refractivity contribution < 1.29 is 132 Å². The molecule has 0 saturated carbocycles. The van der Waals surface area contributed by atoms with Crippen LogP contribution in [-0.4, -0.2) is 167 Å². The van der Waals surface area contributed by atoms with E-state index in [1.807, 2.05) is 0 Å². The summed E-state index contributed by atoms with van der Waals surface area (Å²) in [6.45, 7) is 0. The molecule has 102 heavy (non-hydrogen) atoms. The average Bonchev–Trinajstić information content (AvgIpc) is 0.835. The highest BCUT2D eigenvalue weighted by Gasteiger charge is 2.21. The predicted molar refractivity (Wildman–Crippen MR) is 372 cm³/mol. The molecule has 0 bridgehead atoms. The number of carbonyl (C=O) groups excluding carboxylic acids is 5. The summed E-state index contributed by atoms with van der Waals surface area (Å²) >= 11 is 0. The van der Waals surface area contributed by atoms with E-state index < -0.39 is 41.3 Å². The number of methoxy groups -OCH3 is 11. The van der Waals surface area contributed by atoms with Crippen molar-refractivity contribution in [3.8, 4) is 69.0 Å². The number of aromatic hydroxyl groups is 3. The van der Waals surface area contributed by atoms with Crippen LogP contribution in [0.15, 0.2) is 146 Å². The molecular weight excluding hydrogens is 1340 g/mol. The van der Waals surface area contributed by atoms with Gasteiger partial charge in [0.05, 0.1) is 126 Å². The number of aliphatic carboxylic acids is 1. The fourth-order valence-electron chi connectivity index (χ4n) is 8.90. The van der Waals surface area contributed by atoms with Crippen LogP contribution in [0.2, 0.25) is 0 Å². The van der Waals surface area contributed by atoms with Crippen molar-refractivity contribution in [1.29, 1.82) is 0 Å². The van der Waals surface area contributed by atoms with Gasteiger partial charge in [-0.1, -0.05) is 24.3 Å². The third-order valence-electron chi connectivity index (χ3n) is 13.6. The van der Waals surface area contributed by atoms with Gasteiger partial charge in [0.15, 0.2) is 0 Å². The number of aromatic carboxylic acids is 2. The van der Waals surface area contributed by atoms with Gasteiger partial charge >= 0.3 is 29.8 Å². The fraction of sp³-hybridized carbons (Fsp3) is 0.211. The molecule has 15 N–H and O–H groups in total. The standard InChI is InChI=1S/C19H21NO6.C18H19NO6.C15H13NO6.C11H14O5.C8H9NO2.2H2O/c1-23-14-9-16(24-2)15(17(10-14)25-3)11-18(21)20-13-7-5-6-12(8-13)19(22)26-4;1-23-13-8-15(24-2)14(16(9-13)25-3)10-17(20)19-12-6-4-5-11(7-12)18(21)22;17-10-5-12(18)11(13(19)6-10)7-14(20)16-9-3-1-2-8(4-9)15(21)22;1-14-7-4-9(15-2)8(6-11(12)13)10(5-7)16-3;1-11-8(10)6-3-2-4-7(9)5-6;;/h5-10H,11H2,1-4H3,(H,20,21);4-9H,10H2,1-3H3,(H,19,20)(H,21,22);1-6,17-19H,7H2,(H,16,20)(H,21,22);4-5H,6H2,1-3H3,(H,12,13);2-5H,9H2,1H3;2*1H2. The minimum Gasteiger partial charge on any atom is -0.508 e. The summed E-state index contributed by atoms with van der Waals surface area (Å²) in [7, 11) is 16.2. The molecule has 0 fully saturated rings. The summed E-state index contributed by atoms with van der Waals surface area (Å²) < 4.78 is 56.1. The second kappa shape index (κ2) is 42.5. The molecule has 0 atom stereocenters. The second-order valence-electron chi connectivity index (χ2n) is 20.2. The number of benzene rings is 8. The maximum Gasteiger partial charge on any atom is 0.337 e. The van der Waals surface area contributed by atoms with Gasteiger partial charge in [-0.25, -0.2) is 19.2 Å². The number of phenols is 3. The Morgan fingerprint density at radius 3 is 0.892 bits per heavy atom. The Morgan fingerprint density at radius 1 is 0.343 bits per heavy atom. The molecule has 0 spiro atoms. The number of nitrogen functional groups attached to an aromatic ring is 1. The molecule has 546 valence electrons. The van der Waals surface area contributed by atoms with Crippen LogP contribution in [0.1, 0.15) is 63.7 Å². The monoisotopic (exact) mass is 1420 g/mol. The van der Waals surface area contributed by atoms with Crippen molar-refractivity contribution in [2.75, 3.05) is 99.9 Å². The van der Waals surface area contributed by atoms with Gasteiger partial charge in [-0.05, 0) is 72.8 Å². The van der Waals surface area contributed by atoms with Gasteiger partial charge in [0, 0.05) is 93.5 Å². The molecule has 0 radical (unpaired) electrons. The number of anilines is 4. The summed E-state index contributed by atoms with van der Waals surface area (Å²) in [5.74, 6) is -1.82. The van der Waals surface area contributed by atoms with Gasteiger partial charge in [-0.15, -0.1) is 0 Å². The first kappa shape index (κ1) is 84.9. The molecule has 0 heterocycles. The number of rotatable bonds is 24. The Morgan fingerprint density at radius 2 is 0.618 bits per heavy atom. The van der Waals surface area contributed by atoms with E-state index in [1.165, 1.54) is 115 Å². The van der Waals surface area contributed by atoms with Crippen molar-refractivity contribution >= 4 is 70.3 Å². The van der Waals surface area contributed by atoms with Gasteiger partial charge in [-0.2, -0.15) is 0 Å². The quantitative estimate of drug-likeness (QED) is 0.0204. The number of amides is 3. The molecule has 31 nitrogen and oxygen atoms in total. The minimum atomic E-state index is -1.12. The average molecular weight is 1420 g/mol. The molecule has 3 amide bonds. The van der Waals surface area contributed by atoms with Crippen LogP contribution in [0, 0.1) is 0 Å². The number of esters is 2. The molecule has 8 rings (SSSR count). The van der Waals surface area contributed by atoms with Crippen LogP contribution >= 0.6 is 0 Å². The Bertz CT molecular complexity index is 4080. The number of hydrogen-bond acceptors (Lipinski definition) is 23. The zero-order valence-electron chi connectivity index (χ0n) is 57.2. The zero-order chi connectivity index (χ0) is 74.2. The van der Waals surface area contributed by atoms with Gasteiger partial charge in [0.25, 0.3) is 0 Å². The normalized spacial score (nSPS) is 9.72. The Kier molecular flexibility index (Phi) is 35.4. The SMILES string of the molecule is COC(=O)c1cccc(N)c1.COC(=O)c1cccc(NC(=O)Cc2c(OC)cc(OC)cc2OC)c1.COc1cc(OC)c(CC(=O)Nc2cccc(C(=O)O)c2)c(OC)c1.COc1cc(OC)c(CC(=O)O)c(OC)c1.O.O.O=C(Cc1c(O)cc(O)cc1O)Nc1cccc(C(=O)O)c1. The van der Waals surface area contributed by atoms with Gasteiger partial charge in [-0.3, -0.25) is 19.2 Å². The number of hydrogen-bond donors (Lipinski definition) is 10. The largest absolute Gasteiger partial charge is 0.508 e. The number of carboxylic acid groups (broad SMARTS) is 3. The summed E-state index contributed by atoms with van der Waals surface area (Å²) in [6, 6.07) is 36.8. The van der Waals surface area contributed by atoms with E-state index in [0.717, 1.165) is 12.1 Å². The third kappa shape index (κ3) is 26.0. The van der Waals surface area contributed by atoms with Gasteiger partial charge in [0.2, 0.25) is 17.7 Å². The van der Waals surface area contributed by atoms with E-state index >= 15 is 0 Å². The van der Waals surface area contributed by atoms with Crippen LogP contribution in [0.4, 0.5) is 22.7 Å². The highest BCUT2D eigenvalue weighted by Crippen LogP contribution is 2.38. The van der Waals surface area contributed by atoms with E-state index in [1.54, 1.807) is 97.1 Å². The number of carboxylic acids is 3. The van der Waals surface area contributed by atoms with Crippen molar-refractivity contribution in [1.82, 2.24) is 0 Å². The van der Waals surface area contributed by atoms with E-state index in [9.17, 15) is 53.7 Å². The molecular formula is C71H80N4O27. The maximum atomic E-state index is 12.5. The molecule has 0 saturated heterocycles. The van der Waals surface area contributed by atoms with Crippen molar-refractivity contribution in [3.05, 3.63) is 190 Å². The lowest BCUT2D eigenvalue weighted by atomic mass is 10.1. The Labute approximate surface area is 585 Å². The fourth-order valence-corrected chi connectivity index (χ4v) is 8.90. The first-order valence-electron chi connectivity index (χ1n) is 29.2. The first-order valence-corrected chi connectivity index (χ1v) is 29.2. The highest BCUT2D eigenvalue weighted by atomic mass is 16.5. The van der Waals surface area contributed by atoms with Crippen molar-refractivity contribution in [2.45, 2.75) is 25.7 Å². The van der Waals surface area contributed by atoms with Crippen LogP contribution < -0.4 is 64.3 Å². The van der Waals surface area contributed by atoms with Crippen molar-refractivity contribution in [3.63, 3.8) is 0 Å². The summed E-state index contributed by atoms with van der Waals surface area (Å²) in [5, 5.41) is 63.0. The van der Waals surface area contributed by atoms with Crippen LogP contribution in [0.5, 0.6) is 69.0 Å². The summed E-state index contributed by atoms with van der Waals surface area (Å²) in [6.07, 6.45) is -0.474. The number of nitrogens with two attached hydrogens (primary N) is 1. The molecule has 0 aliphatic heterocycles. The van der Waals surface area contributed by atoms with Crippen LogP contribution in [0.3, 0.4) is 0 Å². The molecule has 0 unspecified atom stereocenters. The molecule has 8 aromatic rings. The first-order chi connectivity index (χ1) is 47.7. The van der Waals surface area contributed by atoms with E-state index in [0.29, 0.717) is 96.6 Å². The second-order valence-corrected chi connectivity index (χ2v) is 20.2. The van der Waals surface area contributed by atoms with Crippen LogP contribution in [0.25, 0.3) is 0 Å². The van der Waals surface area contributed by atoms with Crippen LogP contribution in [-0.2, 0) is 54.3 Å². The number of nitrogens with one attached hydrogen (secondary N) is 3. The third-order valence-corrected chi connectivity index (χ3v) is 13.6. The van der Waals surface area contributed by atoms with E-state index in [4.69, 9.17) is 63.7 Å². The minimum absolute atomic E-state index is 0. The highest BCUT2D eigenvalue weighted by molar-refractivity contribution is 5.98. The summed E-state index contributed by atoms with van der Waals surface area (Å²) in [5.41, 5.74) is 9.75. The van der Waals surface area contributed by atoms with Gasteiger partial charge < -0.3 is 115 Å². The number of phenolic OH excluding ortho intramolecular Hbond substituents is 3. The molecule has 0 aromatic heterocycles. The lowest BCUT2D eigenvalue weighted by molar-refractivity contribution is -0.136. The van der Waals surface area contributed by atoms with E-state index in [-0.39, 0.29) is 82.5 Å².